The number of aliphatic hydroxyl groups is 1. The van der Waals surface area contributed by atoms with Crippen LogP contribution in [0.3, 0.4) is 0 Å². The molecule has 1 aromatic heterocycles. The average molecular weight is 454 g/mol. The van der Waals surface area contributed by atoms with Gasteiger partial charge in [0.2, 0.25) is 0 Å². The molecule has 158 valence electrons. The zero-order chi connectivity index (χ0) is 22.0. The van der Waals surface area contributed by atoms with Gasteiger partial charge in [0.1, 0.15) is 5.78 Å². The minimum absolute atomic E-state index is 0.0416. The maximum Gasteiger partial charge on any atom is 0.178 e. The molecule has 0 aliphatic rings. The fraction of sp³-hybridized carbons (Fsp3) is 0.333. The van der Waals surface area contributed by atoms with Crippen molar-refractivity contribution in [1.29, 1.82) is 0 Å². The van der Waals surface area contributed by atoms with Gasteiger partial charge in [-0.1, -0.05) is 18.2 Å². The van der Waals surface area contributed by atoms with Gasteiger partial charge in [0.05, 0.1) is 25.9 Å². The summed E-state index contributed by atoms with van der Waals surface area (Å²) in [7, 11) is -3.36. The Morgan fingerprint density at radius 3 is 2.34 bits per heavy atom. The third-order valence-corrected chi connectivity index (χ3v) is 6.32. The second-order valence-electron chi connectivity index (χ2n) is 6.25. The van der Waals surface area contributed by atoms with E-state index in [0.717, 1.165) is 26.4 Å². The number of aromatic nitrogens is 1. The van der Waals surface area contributed by atoms with Gasteiger partial charge in [-0.15, -0.1) is 11.3 Å². The van der Waals surface area contributed by atoms with E-state index < -0.39 is 9.84 Å². The van der Waals surface area contributed by atoms with Crippen LogP contribution in [0.4, 0.5) is 0 Å². The van der Waals surface area contributed by atoms with Crippen LogP contribution in [0.15, 0.2) is 47.4 Å². The number of sulfone groups is 1. The van der Waals surface area contributed by atoms with Crippen molar-refractivity contribution >= 4 is 49.8 Å². The van der Waals surface area contributed by atoms with Crippen molar-refractivity contribution in [2.24, 2.45) is 0 Å². The van der Waals surface area contributed by atoms with Crippen LogP contribution in [-0.4, -0.2) is 42.9 Å². The average Bonchev–Trinajstić information content (AvgIpc) is 3.07. The summed E-state index contributed by atoms with van der Waals surface area (Å²) in [5.41, 5.74) is 2.80. The molecule has 3 aromatic rings. The van der Waals surface area contributed by atoms with Crippen LogP contribution in [0, 0.1) is 6.92 Å². The van der Waals surface area contributed by atoms with E-state index in [-0.39, 0.29) is 24.6 Å². The predicted octanol–water partition coefficient (Wildman–Crippen LogP) is 4.57. The summed E-state index contributed by atoms with van der Waals surface area (Å²) in [5.74, 6) is 0.125. The van der Waals surface area contributed by atoms with Gasteiger partial charge < -0.3 is 9.90 Å². The number of thiazole rings is 1. The second-order valence-corrected chi connectivity index (χ2v) is 9.59. The molecular weight excluding hydrogens is 426 g/mol. The molecule has 0 spiro atoms. The molecule has 29 heavy (non-hydrogen) atoms. The van der Waals surface area contributed by atoms with Gasteiger partial charge in [-0.3, -0.25) is 0 Å². The van der Waals surface area contributed by atoms with E-state index in [1.165, 1.54) is 13.8 Å². The van der Waals surface area contributed by atoms with Crippen LogP contribution < -0.4 is 0 Å². The SMILES string of the molecule is CC(C)=O.CS.Cc1nc2ccc(-c3cccc(S(=O)(=O)CCCO)c3)cc2s1. The Bertz CT molecular complexity index is 1040. The van der Waals surface area contributed by atoms with E-state index in [0.29, 0.717) is 4.90 Å². The van der Waals surface area contributed by atoms with E-state index in [4.69, 9.17) is 5.11 Å². The van der Waals surface area contributed by atoms with Gasteiger partial charge in [-0.05, 0) is 68.8 Å². The van der Waals surface area contributed by atoms with Crippen LogP contribution in [0.1, 0.15) is 25.3 Å². The number of nitrogens with zero attached hydrogens (tertiary/aromatic N) is 1. The maximum atomic E-state index is 12.3. The third kappa shape index (κ3) is 7.89. The van der Waals surface area contributed by atoms with Crippen LogP contribution >= 0.6 is 24.0 Å². The highest BCUT2D eigenvalue weighted by Gasteiger charge is 2.15. The van der Waals surface area contributed by atoms with Gasteiger partial charge in [-0.25, -0.2) is 13.4 Å². The Morgan fingerprint density at radius 1 is 1.10 bits per heavy atom. The summed E-state index contributed by atoms with van der Waals surface area (Å²) in [6, 6.07) is 12.9. The second kappa shape index (κ2) is 12.1. The number of carbonyl (C=O) groups excluding carboxylic acids is 1. The first-order valence-corrected chi connectivity index (χ1v) is 12.3. The zero-order valence-corrected chi connectivity index (χ0v) is 19.6. The molecule has 0 radical (unpaired) electrons. The monoisotopic (exact) mass is 453 g/mol. The van der Waals surface area contributed by atoms with Crippen LogP contribution in [0.2, 0.25) is 0 Å². The number of hydrogen-bond donors (Lipinski definition) is 2. The fourth-order valence-electron chi connectivity index (χ4n) is 2.46. The van der Waals surface area contributed by atoms with Crippen molar-refractivity contribution in [1.82, 2.24) is 4.98 Å². The number of carbonyl (C=O) groups is 1. The quantitative estimate of drug-likeness (QED) is 0.553. The molecule has 0 bridgehead atoms. The summed E-state index contributed by atoms with van der Waals surface area (Å²) in [6.45, 7) is 4.90. The molecule has 3 rings (SSSR count). The van der Waals surface area contributed by atoms with Gasteiger partial charge >= 0.3 is 0 Å². The summed E-state index contributed by atoms with van der Waals surface area (Å²) >= 11 is 5.15. The molecule has 0 saturated heterocycles. The number of ketones is 1. The lowest BCUT2D eigenvalue weighted by atomic mass is 10.1. The van der Waals surface area contributed by atoms with Gasteiger partial charge in [0.15, 0.2) is 9.84 Å². The summed E-state index contributed by atoms with van der Waals surface area (Å²) < 4.78 is 25.6. The van der Waals surface area contributed by atoms with Crippen LogP contribution in [0.5, 0.6) is 0 Å². The van der Waals surface area contributed by atoms with Crippen molar-refractivity contribution < 1.29 is 18.3 Å². The molecule has 1 heterocycles. The third-order valence-electron chi connectivity index (χ3n) is 3.59. The number of aryl methyl sites for hydroxylation is 1. The number of fused-ring (bicyclic) bond motifs is 1. The Labute approximate surface area is 182 Å². The molecule has 1 N–H and O–H groups in total. The maximum absolute atomic E-state index is 12.3. The Kier molecular flexibility index (Phi) is 10.5. The highest BCUT2D eigenvalue weighted by molar-refractivity contribution is 7.91. The number of Topliss-reactive ketones (excluding diaryl/α,β-unsaturated/α-hetero) is 1. The number of thiol groups is 1. The minimum Gasteiger partial charge on any atom is -0.396 e. The number of aliphatic hydroxyl groups excluding tert-OH is 1. The highest BCUT2D eigenvalue weighted by Crippen LogP contribution is 2.29. The van der Waals surface area contributed by atoms with Gasteiger partial charge in [-0.2, -0.15) is 12.6 Å². The molecule has 0 aliphatic heterocycles. The van der Waals surface area contributed by atoms with Crippen molar-refractivity contribution in [2.45, 2.75) is 32.1 Å². The lowest BCUT2D eigenvalue weighted by Crippen LogP contribution is -2.08. The normalized spacial score (nSPS) is 10.6. The molecule has 0 fully saturated rings. The Balaban J connectivity index is 0.000000627. The van der Waals surface area contributed by atoms with Crippen molar-refractivity contribution in [3.05, 3.63) is 47.5 Å². The van der Waals surface area contributed by atoms with E-state index in [1.807, 2.05) is 31.2 Å². The molecule has 0 aliphatic carbocycles. The van der Waals surface area contributed by atoms with E-state index in [2.05, 4.69) is 17.6 Å². The highest BCUT2D eigenvalue weighted by atomic mass is 32.2. The summed E-state index contributed by atoms with van der Waals surface area (Å²) in [5, 5.41) is 9.85. The van der Waals surface area contributed by atoms with E-state index in [1.54, 1.807) is 35.8 Å². The lowest BCUT2D eigenvalue weighted by Gasteiger charge is -2.07. The smallest absolute Gasteiger partial charge is 0.178 e. The standard InChI is InChI=1S/C17H17NO3S2.C3H6O.CH4S/c1-12-18-16-7-6-14(11-17(16)22-12)13-4-2-5-15(10-13)23(20,21)9-3-8-19;1-3(2)4;1-2/h2,4-7,10-11,19H,3,8-9H2,1H3;1-2H3;2H,1H3. The fourth-order valence-corrected chi connectivity index (χ4v) is 4.66. The first-order chi connectivity index (χ1) is 13.7. The number of rotatable bonds is 5. The van der Waals surface area contributed by atoms with E-state index in [9.17, 15) is 13.2 Å². The molecule has 5 nitrogen and oxygen atoms in total. The summed E-state index contributed by atoms with van der Waals surface area (Å²) in [6.07, 6.45) is 1.94. The van der Waals surface area contributed by atoms with Gasteiger partial charge in [0, 0.05) is 6.61 Å². The predicted molar refractivity (Wildman–Crippen MR) is 125 cm³/mol. The van der Waals surface area contributed by atoms with Crippen molar-refractivity contribution in [3.8, 4) is 11.1 Å². The first-order valence-electron chi connectivity index (χ1n) is 8.96. The zero-order valence-electron chi connectivity index (χ0n) is 17.0. The van der Waals surface area contributed by atoms with E-state index >= 15 is 0 Å². The molecule has 0 saturated carbocycles. The molecule has 2 aromatic carbocycles. The molecule has 0 atom stereocenters. The summed E-state index contributed by atoms with van der Waals surface area (Å²) in [4.78, 5) is 14.2. The minimum atomic E-state index is -3.36. The van der Waals surface area contributed by atoms with Crippen LogP contribution in [0.25, 0.3) is 21.3 Å². The molecule has 8 heteroatoms. The topological polar surface area (TPSA) is 84.3 Å². The largest absolute Gasteiger partial charge is 0.396 e. The number of hydrogen-bond acceptors (Lipinski definition) is 7. The molecule has 0 amide bonds. The molecular formula is C21H27NO4S3. The number of benzene rings is 2. The van der Waals surface area contributed by atoms with Gasteiger partial charge in [0.25, 0.3) is 0 Å². The Morgan fingerprint density at radius 2 is 1.72 bits per heavy atom. The van der Waals surface area contributed by atoms with Crippen molar-refractivity contribution in [3.63, 3.8) is 0 Å². The molecule has 0 unspecified atom stereocenters. The lowest BCUT2D eigenvalue weighted by molar-refractivity contribution is -0.114. The van der Waals surface area contributed by atoms with Crippen molar-refractivity contribution in [2.75, 3.05) is 18.6 Å². The Hall–Kier alpha value is -1.74. The van der Waals surface area contributed by atoms with Crippen LogP contribution in [-0.2, 0) is 14.6 Å². The first kappa shape index (κ1) is 25.3.